The van der Waals surface area contributed by atoms with Crippen LogP contribution >= 0.6 is 0 Å². The predicted octanol–water partition coefficient (Wildman–Crippen LogP) is 3.68. The molecule has 2 heteroatoms. The van der Waals surface area contributed by atoms with E-state index in [9.17, 15) is 0 Å². The molecule has 0 saturated carbocycles. The summed E-state index contributed by atoms with van der Waals surface area (Å²) in [6, 6.07) is 2.35. The standard InChI is InChI=1S/C14H28N2/c1-13(2,3)12-16(6)10-8-7-9-14(4,5)11-15/h7-10,12H2,1-6H3. The average Bonchev–Trinajstić information content (AvgIpc) is 2.10. The van der Waals surface area contributed by atoms with Crippen LogP contribution in [-0.4, -0.2) is 25.0 Å². The minimum absolute atomic E-state index is 0.150. The Hall–Kier alpha value is -0.550. The molecule has 0 spiro atoms. The Kier molecular flexibility index (Phi) is 6.04. The molecule has 0 aliphatic heterocycles. The van der Waals surface area contributed by atoms with Gasteiger partial charge in [0.15, 0.2) is 0 Å². The molecule has 0 aliphatic rings. The Bertz CT molecular complexity index is 230. The van der Waals surface area contributed by atoms with Crippen LogP contribution in [0, 0.1) is 22.2 Å². The van der Waals surface area contributed by atoms with Gasteiger partial charge in [0, 0.05) is 6.54 Å². The summed E-state index contributed by atoms with van der Waals surface area (Å²) in [6.45, 7) is 13.1. The molecule has 0 aromatic rings. The van der Waals surface area contributed by atoms with E-state index in [1.54, 1.807) is 0 Å². The summed E-state index contributed by atoms with van der Waals surface area (Å²) in [4.78, 5) is 2.39. The fraction of sp³-hybridized carbons (Fsp3) is 0.929. The molecule has 0 bridgehead atoms. The molecule has 0 saturated heterocycles. The number of hydrogen-bond donors (Lipinski definition) is 0. The van der Waals surface area contributed by atoms with E-state index in [4.69, 9.17) is 5.26 Å². The summed E-state index contributed by atoms with van der Waals surface area (Å²) < 4.78 is 0. The maximum absolute atomic E-state index is 8.89. The molecule has 0 radical (unpaired) electrons. The molecule has 0 atom stereocenters. The SMILES string of the molecule is CN(CCCCC(C)(C)C#N)CC(C)(C)C. The van der Waals surface area contributed by atoms with Crippen LogP contribution in [0.2, 0.25) is 0 Å². The monoisotopic (exact) mass is 224 g/mol. The van der Waals surface area contributed by atoms with E-state index in [1.807, 2.05) is 13.8 Å². The van der Waals surface area contributed by atoms with E-state index in [-0.39, 0.29) is 5.41 Å². The van der Waals surface area contributed by atoms with Gasteiger partial charge in [-0.05, 0) is 45.7 Å². The molecule has 0 N–H and O–H groups in total. The molecule has 0 amide bonds. The van der Waals surface area contributed by atoms with Gasteiger partial charge in [-0.1, -0.05) is 27.2 Å². The van der Waals surface area contributed by atoms with Gasteiger partial charge in [0.25, 0.3) is 0 Å². The van der Waals surface area contributed by atoms with Crippen molar-refractivity contribution in [3.05, 3.63) is 0 Å². The summed E-state index contributed by atoms with van der Waals surface area (Å²) in [6.07, 6.45) is 3.35. The number of unbranched alkanes of at least 4 members (excludes halogenated alkanes) is 1. The van der Waals surface area contributed by atoms with E-state index >= 15 is 0 Å². The zero-order chi connectivity index (χ0) is 12.8. The minimum Gasteiger partial charge on any atom is -0.306 e. The van der Waals surface area contributed by atoms with Crippen molar-refractivity contribution in [3.63, 3.8) is 0 Å². The van der Waals surface area contributed by atoms with Crippen LogP contribution in [0.5, 0.6) is 0 Å². The van der Waals surface area contributed by atoms with Crippen molar-refractivity contribution < 1.29 is 0 Å². The van der Waals surface area contributed by atoms with Crippen molar-refractivity contribution in [2.45, 2.75) is 53.9 Å². The van der Waals surface area contributed by atoms with Gasteiger partial charge in [0.2, 0.25) is 0 Å². The zero-order valence-electron chi connectivity index (χ0n) is 11.9. The third kappa shape index (κ3) is 8.73. The molecule has 0 fully saturated rings. The quantitative estimate of drug-likeness (QED) is 0.643. The highest BCUT2D eigenvalue weighted by molar-refractivity contribution is 4.91. The Morgan fingerprint density at radius 2 is 1.62 bits per heavy atom. The largest absolute Gasteiger partial charge is 0.306 e. The second kappa shape index (κ2) is 6.25. The molecule has 0 rings (SSSR count). The third-order valence-electron chi connectivity index (χ3n) is 2.64. The van der Waals surface area contributed by atoms with Crippen molar-refractivity contribution in [2.75, 3.05) is 20.1 Å². The van der Waals surface area contributed by atoms with Crippen molar-refractivity contribution in [2.24, 2.45) is 10.8 Å². The lowest BCUT2D eigenvalue weighted by molar-refractivity contribution is 0.221. The van der Waals surface area contributed by atoms with Crippen LogP contribution in [-0.2, 0) is 0 Å². The summed E-state index contributed by atoms with van der Waals surface area (Å²) in [5, 5.41) is 8.89. The lowest BCUT2D eigenvalue weighted by Crippen LogP contribution is -2.30. The van der Waals surface area contributed by atoms with Gasteiger partial charge in [-0.3, -0.25) is 0 Å². The predicted molar refractivity (Wildman–Crippen MR) is 70.2 cm³/mol. The molecule has 16 heavy (non-hydrogen) atoms. The van der Waals surface area contributed by atoms with E-state index in [0.29, 0.717) is 5.41 Å². The lowest BCUT2D eigenvalue weighted by atomic mass is 9.89. The number of rotatable bonds is 6. The molecule has 94 valence electrons. The first-order valence-corrected chi connectivity index (χ1v) is 6.26. The maximum Gasteiger partial charge on any atom is 0.0683 e. The zero-order valence-corrected chi connectivity index (χ0v) is 11.9. The van der Waals surface area contributed by atoms with Crippen LogP contribution in [0.1, 0.15) is 53.9 Å². The molecule has 0 unspecified atom stereocenters. The molecule has 0 aromatic heterocycles. The smallest absolute Gasteiger partial charge is 0.0683 e. The summed E-state index contributed by atoms with van der Waals surface area (Å²) in [5.74, 6) is 0. The fourth-order valence-electron chi connectivity index (χ4n) is 1.89. The van der Waals surface area contributed by atoms with Crippen LogP contribution in [0.3, 0.4) is 0 Å². The Morgan fingerprint density at radius 3 is 2.06 bits per heavy atom. The minimum atomic E-state index is -0.150. The topological polar surface area (TPSA) is 27.0 Å². The van der Waals surface area contributed by atoms with Gasteiger partial charge in [-0.25, -0.2) is 0 Å². The lowest BCUT2D eigenvalue weighted by Gasteiger charge is -2.26. The Labute approximate surface area is 102 Å². The number of nitrogens with zero attached hydrogens (tertiary/aromatic N) is 2. The molecular weight excluding hydrogens is 196 g/mol. The molecule has 0 aromatic carbocycles. The first kappa shape index (κ1) is 15.4. The maximum atomic E-state index is 8.89. The van der Waals surface area contributed by atoms with Crippen molar-refractivity contribution in [1.82, 2.24) is 4.90 Å². The van der Waals surface area contributed by atoms with Gasteiger partial charge in [0.1, 0.15) is 0 Å². The highest BCUT2D eigenvalue weighted by atomic mass is 15.1. The van der Waals surface area contributed by atoms with E-state index in [2.05, 4.69) is 38.8 Å². The summed E-state index contributed by atoms with van der Waals surface area (Å²) in [5.41, 5.74) is 0.225. The van der Waals surface area contributed by atoms with Crippen molar-refractivity contribution in [1.29, 1.82) is 5.26 Å². The van der Waals surface area contributed by atoms with E-state index in [0.717, 1.165) is 25.9 Å². The number of hydrogen-bond acceptors (Lipinski definition) is 2. The molecule has 2 nitrogen and oxygen atoms in total. The molecule has 0 heterocycles. The first-order valence-electron chi connectivity index (χ1n) is 6.26. The van der Waals surface area contributed by atoms with E-state index < -0.39 is 0 Å². The summed E-state index contributed by atoms with van der Waals surface area (Å²) >= 11 is 0. The van der Waals surface area contributed by atoms with Gasteiger partial charge < -0.3 is 4.90 Å². The van der Waals surface area contributed by atoms with Gasteiger partial charge in [0.05, 0.1) is 11.5 Å². The first-order chi connectivity index (χ1) is 7.16. The number of nitriles is 1. The summed E-state index contributed by atoms with van der Waals surface area (Å²) in [7, 11) is 2.18. The van der Waals surface area contributed by atoms with Gasteiger partial charge in [-0.2, -0.15) is 5.26 Å². The van der Waals surface area contributed by atoms with E-state index in [1.165, 1.54) is 6.42 Å². The van der Waals surface area contributed by atoms with Crippen LogP contribution in [0.25, 0.3) is 0 Å². The fourth-order valence-corrected chi connectivity index (χ4v) is 1.89. The third-order valence-corrected chi connectivity index (χ3v) is 2.64. The van der Waals surface area contributed by atoms with Crippen LogP contribution in [0.4, 0.5) is 0 Å². The second-order valence-corrected chi connectivity index (χ2v) is 6.75. The average molecular weight is 224 g/mol. The van der Waals surface area contributed by atoms with Crippen LogP contribution < -0.4 is 0 Å². The normalized spacial score (nSPS) is 12.9. The van der Waals surface area contributed by atoms with Crippen LogP contribution in [0.15, 0.2) is 0 Å². The highest BCUT2D eigenvalue weighted by Crippen LogP contribution is 2.22. The second-order valence-electron chi connectivity index (χ2n) is 6.75. The van der Waals surface area contributed by atoms with Gasteiger partial charge >= 0.3 is 0 Å². The molecule has 0 aliphatic carbocycles. The van der Waals surface area contributed by atoms with Crippen molar-refractivity contribution in [3.8, 4) is 6.07 Å². The van der Waals surface area contributed by atoms with Gasteiger partial charge in [-0.15, -0.1) is 0 Å². The Morgan fingerprint density at radius 1 is 1.06 bits per heavy atom. The van der Waals surface area contributed by atoms with Crippen molar-refractivity contribution >= 4 is 0 Å². The Balaban J connectivity index is 3.65. The molecular formula is C14H28N2. The highest BCUT2D eigenvalue weighted by Gasteiger charge is 2.16.